The molecular weight excluding hydrogens is 463 g/mol. The molecule has 30 heavy (non-hydrogen) atoms. The largest absolute Gasteiger partial charge is 0.612 e. The average molecular weight is 479 g/mol. The number of hydrogen-bond donors (Lipinski definition) is 1. The molecule has 0 spiro atoms. The second-order valence-electron chi connectivity index (χ2n) is 6.33. The van der Waals surface area contributed by atoms with E-state index in [0.717, 1.165) is 28.0 Å². The van der Waals surface area contributed by atoms with E-state index in [1.807, 2.05) is 29.6 Å². The molecule has 4 aromatic rings. The van der Waals surface area contributed by atoms with E-state index < -0.39 is 11.2 Å². The fourth-order valence-electron chi connectivity index (χ4n) is 2.81. The van der Waals surface area contributed by atoms with Crippen LogP contribution < -0.4 is 10.1 Å². The van der Waals surface area contributed by atoms with Crippen molar-refractivity contribution in [3.63, 3.8) is 0 Å². The molecule has 1 unspecified atom stereocenters. The standard InChI is InChI=1S/C20H16Cl2N4O2S2/c1-30(27)14-8-16(22)26-17(9-14)28-13-4-2-12(3-5-13)6-7-23-19-18-15(21)10-29-20(18)25-11-24-19/h2-5,8-11H,6-7H2,1H3,(H,23,24,25). The first kappa shape index (κ1) is 21.1. The van der Waals surface area contributed by atoms with E-state index in [4.69, 9.17) is 27.9 Å². The van der Waals surface area contributed by atoms with Crippen molar-refractivity contribution in [2.45, 2.75) is 11.3 Å². The summed E-state index contributed by atoms with van der Waals surface area (Å²) in [7, 11) is 0. The van der Waals surface area contributed by atoms with Crippen LogP contribution in [-0.2, 0) is 17.6 Å². The second-order valence-corrected chi connectivity index (χ2v) is 9.36. The van der Waals surface area contributed by atoms with Crippen LogP contribution in [0.5, 0.6) is 11.6 Å². The summed E-state index contributed by atoms with van der Waals surface area (Å²) in [4.78, 5) is 14.1. The summed E-state index contributed by atoms with van der Waals surface area (Å²) < 4.78 is 17.4. The van der Waals surface area contributed by atoms with E-state index in [0.29, 0.717) is 28.1 Å². The number of pyridine rings is 1. The minimum absolute atomic E-state index is 0.241. The number of aromatic nitrogens is 3. The SMILES string of the molecule is C[S+]([O-])c1cc(Cl)nc(Oc2ccc(CCNc3ncnc4scc(Cl)c34)cc2)c1. The summed E-state index contributed by atoms with van der Waals surface area (Å²) in [6, 6.07) is 10.9. The molecule has 6 nitrogen and oxygen atoms in total. The van der Waals surface area contributed by atoms with Crippen LogP contribution in [0.3, 0.4) is 0 Å². The van der Waals surface area contributed by atoms with Crippen LogP contribution in [-0.4, -0.2) is 32.3 Å². The number of ether oxygens (including phenoxy) is 1. The van der Waals surface area contributed by atoms with E-state index >= 15 is 0 Å². The molecule has 4 rings (SSSR count). The van der Waals surface area contributed by atoms with Gasteiger partial charge < -0.3 is 14.6 Å². The van der Waals surface area contributed by atoms with Crippen LogP contribution in [0.4, 0.5) is 5.82 Å². The maximum atomic E-state index is 11.7. The highest BCUT2D eigenvalue weighted by Gasteiger charge is 2.11. The van der Waals surface area contributed by atoms with E-state index in [1.165, 1.54) is 17.7 Å². The lowest BCUT2D eigenvalue weighted by Crippen LogP contribution is -2.06. The molecule has 154 valence electrons. The maximum absolute atomic E-state index is 11.7. The number of nitrogens with zero attached hydrogens (tertiary/aromatic N) is 3. The Labute approximate surface area is 190 Å². The van der Waals surface area contributed by atoms with Crippen LogP contribution in [0.1, 0.15) is 5.56 Å². The molecule has 1 N–H and O–H groups in total. The van der Waals surface area contributed by atoms with Crippen LogP contribution in [0.15, 0.2) is 53.0 Å². The Balaban J connectivity index is 1.38. The van der Waals surface area contributed by atoms with Crippen LogP contribution >= 0.6 is 34.5 Å². The van der Waals surface area contributed by atoms with Crippen LogP contribution in [0.25, 0.3) is 10.2 Å². The van der Waals surface area contributed by atoms with Gasteiger partial charge >= 0.3 is 0 Å². The predicted molar refractivity (Wildman–Crippen MR) is 123 cm³/mol. The summed E-state index contributed by atoms with van der Waals surface area (Å²) in [5.74, 6) is 1.67. The van der Waals surface area contributed by atoms with Gasteiger partial charge in [0, 0.05) is 18.0 Å². The smallest absolute Gasteiger partial charge is 0.225 e. The van der Waals surface area contributed by atoms with Gasteiger partial charge in [-0.05, 0) is 35.3 Å². The number of anilines is 1. The molecule has 1 atom stereocenters. The van der Waals surface area contributed by atoms with Crippen molar-refractivity contribution in [3.8, 4) is 11.6 Å². The number of fused-ring (bicyclic) bond motifs is 1. The number of hydrogen-bond acceptors (Lipinski definition) is 7. The van der Waals surface area contributed by atoms with Crippen molar-refractivity contribution in [3.05, 3.63) is 63.8 Å². The molecule has 0 saturated heterocycles. The minimum atomic E-state index is -1.17. The van der Waals surface area contributed by atoms with Gasteiger partial charge in [0.1, 0.15) is 34.1 Å². The van der Waals surface area contributed by atoms with Gasteiger partial charge in [-0.3, -0.25) is 0 Å². The van der Waals surface area contributed by atoms with Crippen molar-refractivity contribution in [1.29, 1.82) is 0 Å². The monoisotopic (exact) mass is 478 g/mol. The molecule has 3 aromatic heterocycles. The lowest BCUT2D eigenvalue weighted by Gasteiger charge is -2.10. The van der Waals surface area contributed by atoms with Crippen molar-refractivity contribution >= 4 is 61.7 Å². The molecule has 0 fully saturated rings. The number of benzene rings is 1. The van der Waals surface area contributed by atoms with Gasteiger partial charge in [0.2, 0.25) is 5.88 Å². The van der Waals surface area contributed by atoms with Crippen molar-refractivity contribution in [2.24, 2.45) is 0 Å². The summed E-state index contributed by atoms with van der Waals surface area (Å²) in [6.07, 6.45) is 3.91. The summed E-state index contributed by atoms with van der Waals surface area (Å²) >= 11 is 12.6. The molecule has 1 aromatic carbocycles. The van der Waals surface area contributed by atoms with Gasteiger partial charge in [0.15, 0.2) is 4.90 Å². The zero-order chi connectivity index (χ0) is 21.1. The third kappa shape index (κ3) is 4.96. The highest BCUT2D eigenvalue weighted by atomic mass is 35.5. The Morgan fingerprint density at radius 2 is 1.97 bits per heavy atom. The van der Waals surface area contributed by atoms with Crippen LogP contribution in [0, 0.1) is 0 Å². The zero-order valence-electron chi connectivity index (χ0n) is 15.8. The van der Waals surface area contributed by atoms with Crippen molar-refractivity contribution in [1.82, 2.24) is 15.0 Å². The molecule has 3 heterocycles. The lowest BCUT2D eigenvalue weighted by atomic mass is 10.1. The third-order valence-corrected chi connectivity index (χ3v) is 6.66. The Kier molecular flexibility index (Phi) is 6.60. The van der Waals surface area contributed by atoms with Gasteiger partial charge in [0.25, 0.3) is 0 Å². The Bertz CT molecular complexity index is 1170. The minimum Gasteiger partial charge on any atom is -0.612 e. The predicted octanol–water partition coefficient (Wildman–Crippen LogP) is 5.58. The Morgan fingerprint density at radius 1 is 1.17 bits per heavy atom. The maximum Gasteiger partial charge on any atom is 0.225 e. The molecule has 0 aliphatic heterocycles. The highest BCUT2D eigenvalue weighted by molar-refractivity contribution is 7.90. The topological polar surface area (TPSA) is 83.0 Å². The highest BCUT2D eigenvalue weighted by Crippen LogP contribution is 2.32. The van der Waals surface area contributed by atoms with Crippen molar-refractivity contribution in [2.75, 3.05) is 18.1 Å². The third-order valence-electron chi connectivity index (χ3n) is 4.25. The summed E-state index contributed by atoms with van der Waals surface area (Å²) in [5, 5.41) is 6.94. The normalized spacial score (nSPS) is 12.1. The quantitative estimate of drug-likeness (QED) is 0.275. The number of nitrogens with one attached hydrogen (secondary N) is 1. The number of halogens is 2. The molecule has 0 amide bonds. The van der Waals surface area contributed by atoms with Gasteiger partial charge in [-0.25, -0.2) is 15.0 Å². The first-order valence-electron chi connectivity index (χ1n) is 8.89. The number of thiophene rings is 1. The van der Waals surface area contributed by atoms with E-state index in [2.05, 4.69) is 20.3 Å². The molecule has 10 heteroatoms. The summed E-state index contributed by atoms with van der Waals surface area (Å²) in [6.45, 7) is 0.694. The second kappa shape index (κ2) is 9.36. The molecule has 0 aliphatic rings. The molecule has 0 saturated carbocycles. The molecule has 0 bridgehead atoms. The Hall–Kier alpha value is -2.10. The summed E-state index contributed by atoms with van der Waals surface area (Å²) in [5.41, 5.74) is 1.13. The van der Waals surface area contributed by atoms with E-state index in [-0.39, 0.29) is 5.15 Å². The zero-order valence-corrected chi connectivity index (χ0v) is 18.9. The lowest BCUT2D eigenvalue weighted by molar-refractivity contribution is 0.460. The van der Waals surface area contributed by atoms with E-state index in [9.17, 15) is 4.55 Å². The van der Waals surface area contributed by atoms with Gasteiger partial charge in [-0.1, -0.05) is 35.3 Å². The molecular formula is C20H16Cl2N4O2S2. The van der Waals surface area contributed by atoms with Crippen LogP contribution in [0.2, 0.25) is 10.2 Å². The first-order chi connectivity index (χ1) is 14.5. The average Bonchev–Trinajstić information content (AvgIpc) is 3.11. The first-order valence-corrected chi connectivity index (χ1v) is 12.1. The number of rotatable bonds is 7. The molecule has 0 aliphatic carbocycles. The van der Waals surface area contributed by atoms with Gasteiger partial charge in [-0.2, -0.15) is 0 Å². The fraction of sp³-hybridized carbons (Fsp3) is 0.150. The fourth-order valence-corrected chi connectivity index (χ4v) is 4.76. The Morgan fingerprint density at radius 3 is 2.73 bits per heavy atom. The van der Waals surface area contributed by atoms with Gasteiger partial charge in [0.05, 0.1) is 16.5 Å². The van der Waals surface area contributed by atoms with E-state index in [1.54, 1.807) is 18.4 Å². The van der Waals surface area contributed by atoms with Gasteiger partial charge in [-0.15, -0.1) is 11.3 Å². The van der Waals surface area contributed by atoms with Crippen molar-refractivity contribution < 1.29 is 9.29 Å². The molecule has 0 radical (unpaired) electrons.